The number of benzene rings is 3. The molecule has 4 rings (SSSR count). The van der Waals surface area contributed by atoms with Crippen molar-refractivity contribution in [1.29, 1.82) is 5.26 Å². The van der Waals surface area contributed by atoms with Gasteiger partial charge in [-0.2, -0.15) is 22.8 Å². The first-order chi connectivity index (χ1) is 17.4. The third-order valence-corrected chi connectivity index (χ3v) is 5.86. The molecule has 1 aliphatic rings. The van der Waals surface area contributed by atoms with Crippen molar-refractivity contribution in [2.75, 3.05) is 18.4 Å². The standard InChI is InChI=1S/C27H21F4N3O2/c28-25(29)35-23-11-5-2-8-19(23)20-13-14-33-16-27(20,17-34-22-10-4-1-7-18(22)15-32)21-9-3-6-12-24(21)36-26(30)31/h1-14,25-26,34H,16-17H2. The lowest BCUT2D eigenvalue weighted by Gasteiger charge is -2.39. The van der Waals surface area contributed by atoms with Gasteiger partial charge in [-0.05, 0) is 35.9 Å². The Morgan fingerprint density at radius 2 is 1.53 bits per heavy atom. The summed E-state index contributed by atoms with van der Waals surface area (Å²) in [6, 6.07) is 21.5. The summed E-state index contributed by atoms with van der Waals surface area (Å²) in [5.41, 5.74) is 1.01. The molecule has 1 heterocycles. The molecular formula is C27H21F4N3O2. The molecule has 1 aliphatic heterocycles. The maximum Gasteiger partial charge on any atom is 0.387 e. The molecule has 0 saturated heterocycles. The predicted molar refractivity (Wildman–Crippen MR) is 129 cm³/mol. The van der Waals surface area contributed by atoms with Gasteiger partial charge < -0.3 is 14.8 Å². The van der Waals surface area contributed by atoms with Crippen molar-refractivity contribution in [3.63, 3.8) is 0 Å². The molecule has 36 heavy (non-hydrogen) atoms. The normalized spacial score (nSPS) is 17.0. The van der Waals surface area contributed by atoms with Gasteiger partial charge >= 0.3 is 13.2 Å². The number of hydrogen-bond acceptors (Lipinski definition) is 5. The number of hydrogen-bond donors (Lipinski definition) is 1. The number of anilines is 1. The molecule has 1 N–H and O–H groups in total. The fourth-order valence-corrected chi connectivity index (χ4v) is 4.33. The topological polar surface area (TPSA) is 66.6 Å². The molecule has 0 bridgehead atoms. The van der Waals surface area contributed by atoms with Gasteiger partial charge in [0, 0.05) is 23.9 Å². The quantitative estimate of drug-likeness (QED) is 0.355. The van der Waals surface area contributed by atoms with Gasteiger partial charge in [-0.25, -0.2) is 0 Å². The third-order valence-electron chi connectivity index (χ3n) is 5.86. The number of halogens is 4. The van der Waals surface area contributed by atoms with Gasteiger partial charge in [0.25, 0.3) is 0 Å². The van der Waals surface area contributed by atoms with Crippen molar-refractivity contribution < 1.29 is 27.0 Å². The molecule has 5 nitrogen and oxygen atoms in total. The first-order valence-electron chi connectivity index (χ1n) is 11.0. The molecular weight excluding hydrogens is 474 g/mol. The SMILES string of the molecule is N#Cc1ccccc1NCC1(c2ccccc2OC(F)F)CN=CC=C1c1ccccc1OC(F)F. The molecule has 3 aromatic rings. The van der Waals surface area contributed by atoms with E-state index < -0.39 is 18.6 Å². The molecule has 0 amide bonds. The van der Waals surface area contributed by atoms with E-state index in [2.05, 4.69) is 16.4 Å². The van der Waals surface area contributed by atoms with Crippen LogP contribution in [-0.2, 0) is 5.41 Å². The average molecular weight is 495 g/mol. The molecule has 3 aromatic carbocycles. The van der Waals surface area contributed by atoms with Gasteiger partial charge in [-0.15, -0.1) is 0 Å². The van der Waals surface area contributed by atoms with Crippen LogP contribution in [0.5, 0.6) is 11.5 Å². The second-order valence-electron chi connectivity index (χ2n) is 7.91. The molecule has 0 saturated carbocycles. The molecule has 0 aromatic heterocycles. The number of rotatable bonds is 9. The maximum atomic E-state index is 13.3. The molecule has 0 fully saturated rings. The molecule has 1 unspecified atom stereocenters. The zero-order valence-electron chi connectivity index (χ0n) is 18.9. The number of aliphatic imine (C=N–C) groups is 1. The monoisotopic (exact) mass is 495 g/mol. The highest BCUT2D eigenvalue weighted by molar-refractivity contribution is 5.93. The fourth-order valence-electron chi connectivity index (χ4n) is 4.33. The summed E-state index contributed by atoms with van der Waals surface area (Å²) in [6.45, 7) is -5.97. The number of alkyl halides is 4. The number of para-hydroxylation sites is 3. The number of nitriles is 1. The van der Waals surface area contributed by atoms with Gasteiger partial charge in [0.15, 0.2) is 0 Å². The Kier molecular flexibility index (Phi) is 7.54. The lowest BCUT2D eigenvalue weighted by atomic mass is 9.69. The zero-order valence-corrected chi connectivity index (χ0v) is 18.9. The van der Waals surface area contributed by atoms with Crippen LogP contribution in [0.4, 0.5) is 23.2 Å². The Morgan fingerprint density at radius 3 is 2.28 bits per heavy atom. The Labute approximate surface area is 205 Å². The Bertz CT molecular complexity index is 1320. The van der Waals surface area contributed by atoms with Crippen molar-refractivity contribution in [3.05, 3.63) is 95.6 Å². The second kappa shape index (κ2) is 11.0. The van der Waals surface area contributed by atoms with Gasteiger partial charge in [-0.1, -0.05) is 48.5 Å². The first-order valence-corrected chi connectivity index (χ1v) is 11.0. The summed E-state index contributed by atoms with van der Waals surface area (Å²) < 4.78 is 62.8. The molecule has 0 aliphatic carbocycles. The highest BCUT2D eigenvalue weighted by Gasteiger charge is 2.41. The van der Waals surface area contributed by atoms with E-state index in [4.69, 9.17) is 9.47 Å². The van der Waals surface area contributed by atoms with E-state index in [0.717, 1.165) is 0 Å². The van der Waals surface area contributed by atoms with Crippen molar-refractivity contribution >= 4 is 17.5 Å². The molecule has 0 radical (unpaired) electrons. The van der Waals surface area contributed by atoms with Crippen molar-refractivity contribution in [2.45, 2.75) is 18.6 Å². The van der Waals surface area contributed by atoms with Gasteiger partial charge in [0.1, 0.15) is 17.6 Å². The summed E-state index contributed by atoms with van der Waals surface area (Å²) in [6.07, 6.45) is 3.18. The van der Waals surface area contributed by atoms with Crippen molar-refractivity contribution in [3.8, 4) is 17.6 Å². The van der Waals surface area contributed by atoms with E-state index in [1.165, 1.54) is 18.3 Å². The Hall–Kier alpha value is -4.32. The molecule has 184 valence electrons. The maximum absolute atomic E-state index is 13.3. The molecule has 0 spiro atoms. The van der Waals surface area contributed by atoms with Crippen LogP contribution >= 0.6 is 0 Å². The summed E-state index contributed by atoms with van der Waals surface area (Å²) in [5.74, 6) is -0.138. The average Bonchev–Trinajstić information content (AvgIpc) is 2.88. The minimum Gasteiger partial charge on any atom is -0.435 e. The Balaban J connectivity index is 1.89. The summed E-state index contributed by atoms with van der Waals surface area (Å²) in [4.78, 5) is 4.41. The number of nitrogens with one attached hydrogen (secondary N) is 1. The van der Waals surface area contributed by atoms with Crippen LogP contribution < -0.4 is 14.8 Å². The van der Waals surface area contributed by atoms with Crippen LogP contribution in [0.2, 0.25) is 0 Å². The van der Waals surface area contributed by atoms with E-state index in [0.29, 0.717) is 28.0 Å². The predicted octanol–water partition coefficient (Wildman–Crippen LogP) is 6.28. The fraction of sp³-hybridized carbons (Fsp3) is 0.185. The lowest BCUT2D eigenvalue weighted by Crippen LogP contribution is -2.41. The van der Waals surface area contributed by atoms with Crippen LogP contribution in [-0.4, -0.2) is 32.5 Å². The second-order valence-corrected chi connectivity index (χ2v) is 7.91. The van der Waals surface area contributed by atoms with E-state index in [1.807, 2.05) is 0 Å². The smallest absolute Gasteiger partial charge is 0.387 e. The summed E-state index contributed by atoms with van der Waals surface area (Å²) in [7, 11) is 0. The minimum absolute atomic E-state index is 0.0666. The molecule has 9 heteroatoms. The lowest BCUT2D eigenvalue weighted by molar-refractivity contribution is -0.0514. The van der Waals surface area contributed by atoms with Crippen LogP contribution in [0.3, 0.4) is 0 Å². The highest BCUT2D eigenvalue weighted by atomic mass is 19.3. The van der Waals surface area contributed by atoms with Crippen LogP contribution in [0.1, 0.15) is 16.7 Å². The summed E-state index contributed by atoms with van der Waals surface area (Å²) >= 11 is 0. The van der Waals surface area contributed by atoms with Gasteiger partial charge in [0.2, 0.25) is 0 Å². The highest BCUT2D eigenvalue weighted by Crippen LogP contribution is 2.47. The van der Waals surface area contributed by atoms with Crippen LogP contribution in [0.15, 0.2) is 83.9 Å². The van der Waals surface area contributed by atoms with Gasteiger partial charge in [-0.3, -0.25) is 4.99 Å². The number of allylic oxidation sites excluding steroid dienone is 1. The number of dihydropyridines is 1. The van der Waals surface area contributed by atoms with Crippen molar-refractivity contribution in [1.82, 2.24) is 0 Å². The largest absolute Gasteiger partial charge is 0.435 e. The van der Waals surface area contributed by atoms with Crippen LogP contribution in [0.25, 0.3) is 5.57 Å². The van der Waals surface area contributed by atoms with E-state index in [-0.39, 0.29) is 24.6 Å². The van der Waals surface area contributed by atoms with Crippen molar-refractivity contribution in [2.24, 2.45) is 4.99 Å². The van der Waals surface area contributed by atoms with E-state index in [1.54, 1.807) is 66.7 Å². The third kappa shape index (κ3) is 5.18. The number of ether oxygens (including phenoxy) is 2. The molecule has 1 atom stereocenters. The van der Waals surface area contributed by atoms with Gasteiger partial charge in [0.05, 0.1) is 23.2 Å². The van der Waals surface area contributed by atoms with E-state index >= 15 is 0 Å². The number of nitrogens with zero attached hydrogens (tertiary/aromatic N) is 2. The summed E-state index contributed by atoms with van der Waals surface area (Å²) in [5, 5.41) is 12.8. The Morgan fingerprint density at radius 1 is 0.889 bits per heavy atom. The zero-order chi connectivity index (χ0) is 25.5. The first kappa shape index (κ1) is 24.8. The minimum atomic E-state index is -3.08. The van der Waals surface area contributed by atoms with E-state index in [9.17, 15) is 22.8 Å². The van der Waals surface area contributed by atoms with Crippen LogP contribution in [0, 0.1) is 11.3 Å².